The van der Waals surface area contributed by atoms with Crippen molar-refractivity contribution in [2.75, 3.05) is 31.1 Å². The summed E-state index contributed by atoms with van der Waals surface area (Å²) in [6.07, 6.45) is 2.19. The van der Waals surface area contributed by atoms with Crippen molar-refractivity contribution in [2.24, 2.45) is 0 Å². The lowest BCUT2D eigenvalue weighted by molar-refractivity contribution is -0.122. The zero-order valence-corrected chi connectivity index (χ0v) is 12.2. The van der Waals surface area contributed by atoms with E-state index in [1.165, 1.54) is 11.3 Å². The molecule has 0 radical (unpaired) electrons. The van der Waals surface area contributed by atoms with Gasteiger partial charge in [0, 0.05) is 31.9 Å². The molecule has 0 aliphatic carbocycles. The van der Waals surface area contributed by atoms with Crippen LogP contribution in [0.4, 0.5) is 5.69 Å². The number of anilines is 1. The van der Waals surface area contributed by atoms with Gasteiger partial charge in [-0.25, -0.2) is 0 Å². The van der Waals surface area contributed by atoms with Crippen molar-refractivity contribution in [1.29, 1.82) is 0 Å². The Balaban J connectivity index is 1.38. The smallest absolute Gasteiger partial charge is 0.237 e. The van der Waals surface area contributed by atoms with E-state index in [-0.39, 0.29) is 18.1 Å². The van der Waals surface area contributed by atoms with Gasteiger partial charge in [-0.05, 0) is 30.9 Å². The first kappa shape index (κ1) is 14.4. The quantitative estimate of drug-likeness (QED) is 0.681. The Morgan fingerprint density at radius 1 is 1.43 bits per heavy atom. The molecule has 0 saturated carbocycles. The summed E-state index contributed by atoms with van der Waals surface area (Å²) >= 11 is 0. The minimum absolute atomic E-state index is 0.00775. The standard InChI is InChI=1S/C16H23N3O2/c20-13-10-14(18-11-13)16(21)17-7-3-8-19-9-6-12-4-1-2-5-15(12)19/h1-2,4-5,13-14,18,20H,3,6-11H2,(H,17,21)/t13-,14+/m0/s1. The molecule has 2 heterocycles. The Labute approximate surface area is 125 Å². The lowest BCUT2D eigenvalue weighted by Gasteiger charge is -2.19. The summed E-state index contributed by atoms with van der Waals surface area (Å²) in [6.45, 7) is 3.25. The first-order valence-electron chi connectivity index (χ1n) is 7.76. The molecule has 21 heavy (non-hydrogen) atoms. The summed E-state index contributed by atoms with van der Waals surface area (Å²) in [4.78, 5) is 14.3. The number of hydrogen-bond acceptors (Lipinski definition) is 4. The van der Waals surface area contributed by atoms with Gasteiger partial charge in [0.05, 0.1) is 12.1 Å². The van der Waals surface area contributed by atoms with E-state index in [0.717, 1.165) is 25.9 Å². The first-order chi connectivity index (χ1) is 10.2. The number of aliphatic hydroxyl groups excluding tert-OH is 1. The zero-order valence-electron chi connectivity index (χ0n) is 12.2. The molecule has 1 fully saturated rings. The second kappa shape index (κ2) is 6.45. The van der Waals surface area contributed by atoms with Crippen LogP contribution in [-0.4, -0.2) is 49.3 Å². The fraction of sp³-hybridized carbons (Fsp3) is 0.562. The lowest BCUT2D eigenvalue weighted by atomic mass is 10.2. The minimum atomic E-state index is -0.387. The molecule has 2 aliphatic heterocycles. The number of β-amino-alcohol motifs (C(OH)–C–C–N with tert-alkyl or cyclic N) is 1. The van der Waals surface area contributed by atoms with Crippen LogP contribution < -0.4 is 15.5 Å². The van der Waals surface area contributed by atoms with Gasteiger partial charge in [0.15, 0.2) is 0 Å². The normalized spacial score (nSPS) is 24.1. The number of amides is 1. The summed E-state index contributed by atoms with van der Waals surface area (Å²) in [5.74, 6) is 0.00775. The highest BCUT2D eigenvalue weighted by Gasteiger charge is 2.27. The molecule has 2 aliphatic rings. The maximum absolute atomic E-state index is 11.9. The molecule has 0 spiro atoms. The number of rotatable bonds is 5. The van der Waals surface area contributed by atoms with Gasteiger partial charge in [-0.2, -0.15) is 0 Å². The molecule has 2 atom stereocenters. The van der Waals surface area contributed by atoms with Crippen molar-refractivity contribution in [1.82, 2.24) is 10.6 Å². The number of carbonyl (C=O) groups is 1. The first-order valence-corrected chi connectivity index (χ1v) is 7.76. The number of hydrogen-bond donors (Lipinski definition) is 3. The molecule has 5 nitrogen and oxygen atoms in total. The van der Waals surface area contributed by atoms with Gasteiger partial charge < -0.3 is 20.6 Å². The molecular formula is C16H23N3O2. The van der Waals surface area contributed by atoms with Gasteiger partial charge in [-0.15, -0.1) is 0 Å². The Hall–Kier alpha value is -1.59. The van der Waals surface area contributed by atoms with Gasteiger partial charge >= 0.3 is 0 Å². The SMILES string of the molecule is O=C(NCCCN1CCc2ccccc21)[C@H]1C[C@H](O)CN1. The molecule has 114 valence electrons. The summed E-state index contributed by atoms with van der Waals surface area (Å²) in [7, 11) is 0. The highest BCUT2D eigenvalue weighted by molar-refractivity contribution is 5.82. The Morgan fingerprint density at radius 3 is 3.10 bits per heavy atom. The van der Waals surface area contributed by atoms with Crippen LogP contribution in [0.15, 0.2) is 24.3 Å². The highest BCUT2D eigenvalue weighted by atomic mass is 16.3. The van der Waals surface area contributed by atoms with Gasteiger partial charge in [0.1, 0.15) is 0 Å². The maximum Gasteiger partial charge on any atom is 0.237 e. The van der Waals surface area contributed by atoms with Crippen molar-refractivity contribution in [3.63, 3.8) is 0 Å². The monoisotopic (exact) mass is 289 g/mol. The second-order valence-corrected chi connectivity index (χ2v) is 5.86. The number of nitrogens with one attached hydrogen (secondary N) is 2. The van der Waals surface area contributed by atoms with Crippen LogP contribution in [0.1, 0.15) is 18.4 Å². The van der Waals surface area contributed by atoms with Crippen molar-refractivity contribution in [2.45, 2.75) is 31.4 Å². The number of fused-ring (bicyclic) bond motifs is 1. The summed E-state index contributed by atoms with van der Waals surface area (Å²) in [6, 6.07) is 8.30. The van der Waals surface area contributed by atoms with E-state index in [1.807, 2.05) is 0 Å². The molecule has 0 aromatic heterocycles. The van der Waals surface area contributed by atoms with E-state index in [1.54, 1.807) is 0 Å². The summed E-state index contributed by atoms with van der Waals surface area (Å²) in [5, 5.41) is 15.4. The summed E-state index contributed by atoms with van der Waals surface area (Å²) < 4.78 is 0. The topological polar surface area (TPSA) is 64.6 Å². The Morgan fingerprint density at radius 2 is 2.29 bits per heavy atom. The highest BCUT2D eigenvalue weighted by Crippen LogP contribution is 2.27. The third-order valence-electron chi connectivity index (χ3n) is 4.31. The van der Waals surface area contributed by atoms with Crippen LogP contribution in [0, 0.1) is 0 Å². The van der Waals surface area contributed by atoms with Crippen LogP contribution in [-0.2, 0) is 11.2 Å². The van der Waals surface area contributed by atoms with E-state index in [0.29, 0.717) is 19.5 Å². The van der Waals surface area contributed by atoms with Crippen LogP contribution in [0.25, 0.3) is 0 Å². The third kappa shape index (κ3) is 3.36. The molecule has 3 rings (SSSR count). The van der Waals surface area contributed by atoms with E-state index in [4.69, 9.17) is 0 Å². The van der Waals surface area contributed by atoms with E-state index < -0.39 is 0 Å². The fourth-order valence-corrected chi connectivity index (χ4v) is 3.16. The van der Waals surface area contributed by atoms with E-state index >= 15 is 0 Å². The fourth-order valence-electron chi connectivity index (χ4n) is 3.16. The minimum Gasteiger partial charge on any atom is -0.392 e. The molecule has 1 saturated heterocycles. The van der Waals surface area contributed by atoms with E-state index in [2.05, 4.69) is 39.8 Å². The van der Waals surface area contributed by atoms with Crippen LogP contribution in [0.5, 0.6) is 0 Å². The van der Waals surface area contributed by atoms with Crippen molar-refractivity contribution in [3.8, 4) is 0 Å². The zero-order chi connectivity index (χ0) is 14.7. The Kier molecular flexibility index (Phi) is 4.41. The predicted molar refractivity (Wildman–Crippen MR) is 82.4 cm³/mol. The number of benzene rings is 1. The van der Waals surface area contributed by atoms with E-state index in [9.17, 15) is 9.90 Å². The number of carbonyl (C=O) groups excluding carboxylic acids is 1. The average molecular weight is 289 g/mol. The Bertz CT molecular complexity index is 506. The van der Waals surface area contributed by atoms with Crippen molar-refractivity contribution in [3.05, 3.63) is 29.8 Å². The van der Waals surface area contributed by atoms with Gasteiger partial charge in [0.2, 0.25) is 5.91 Å². The van der Waals surface area contributed by atoms with Crippen LogP contribution >= 0.6 is 0 Å². The molecule has 1 aromatic carbocycles. The largest absolute Gasteiger partial charge is 0.392 e. The molecule has 0 bridgehead atoms. The van der Waals surface area contributed by atoms with Gasteiger partial charge in [0.25, 0.3) is 0 Å². The molecule has 1 amide bonds. The van der Waals surface area contributed by atoms with Crippen molar-refractivity contribution >= 4 is 11.6 Å². The van der Waals surface area contributed by atoms with Gasteiger partial charge in [-0.3, -0.25) is 4.79 Å². The molecule has 5 heteroatoms. The molecule has 1 aromatic rings. The molecular weight excluding hydrogens is 266 g/mol. The number of aliphatic hydroxyl groups is 1. The third-order valence-corrected chi connectivity index (χ3v) is 4.31. The van der Waals surface area contributed by atoms with Gasteiger partial charge in [-0.1, -0.05) is 18.2 Å². The van der Waals surface area contributed by atoms with Crippen LogP contribution in [0.2, 0.25) is 0 Å². The second-order valence-electron chi connectivity index (χ2n) is 5.86. The lowest BCUT2D eigenvalue weighted by Crippen LogP contribution is -2.41. The van der Waals surface area contributed by atoms with Crippen LogP contribution in [0.3, 0.4) is 0 Å². The number of para-hydroxylation sites is 1. The van der Waals surface area contributed by atoms with Crippen molar-refractivity contribution < 1.29 is 9.90 Å². The average Bonchev–Trinajstić information content (AvgIpc) is 3.10. The maximum atomic E-state index is 11.9. The predicted octanol–water partition coefficient (Wildman–Crippen LogP) is 0.278. The molecule has 0 unspecified atom stereocenters. The number of nitrogens with zero attached hydrogens (tertiary/aromatic N) is 1. The molecule has 3 N–H and O–H groups in total. The summed E-state index contributed by atoms with van der Waals surface area (Å²) in [5.41, 5.74) is 2.76.